The molecule has 1 saturated heterocycles. The Bertz CT molecular complexity index is 1160. The van der Waals surface area contributed by atoms with E-state index in [1.807, 2.05) is 66.7 Å². The molecule has 6 heteroatoms. The van der Waals surface area contributed by atoms with Gasteiger partial charge in [-0.15, -0.1) is 0 Å². The van der Waals surface area contributed by atoms with Crippen LogP contribution in [0.1, 0.15) is 29.6 Å². The van der Waals surface area contributed by atoms with Gasteiger partial charge in [0, 0.05) is 31.6 Å². The molecular weight excluding hydrogens is 424 g/mol. The number of ether oxygens (including phenoxy) is 1. The maximum absolute atomic E-state index is 13.5. The van der Waals surface area contributed by atoms with Gasteiger partial charge >= 0.3 is 0 Å². The van der Waals surface area contributed by atoms with Crippen LogP contribution in [0.2, 0.25) is 5.02 Å². The van der Waals surface area contributed by atoms with E-state index in [2.05, 4.69) is 0 Å². The quantitative estimate of drug-likeness (QED) is 0.525. The molecule has 0 atom stereocenters. The number of piperidine rings is 1. The lowest BCUT2D eigenvalue weighted by atomic mass is 9.87. The van der Waals surface area contributed by atoms with Gasteiger partial charge in [0.25, 0.3) is 5.91 Å². The van der Waals surface area contributed by atoms with E-state index in [1.54, 1.807) is 21.9 Å². The third-order valence-corrected chi connectivity index (χ3v) is 6.57. The Morgan fingerprint density at radius 2 is 1.53 bits per heavy atom. The minimum Gasteiger partial charge on any atom is -0.484 e. The monoisotopic (exact) mass is 446 g/mol. The lowest BCUT2D eigenvalue weighted by molar-refractivity contribution is -0.122. The Labute approximate surface area is 192 Å². The van der Waals surface area contributed by atoms with Crippen molar-refractivity contribution in [1.29, 1.82) is 0 Å². The molecule has 2 aliphatic heterocycles. The molecule has 5 nitrogen and oxygen atoms in total. The van der Waals surface area contributed by atoms with Crippen LogP contribution in [0.25, 0.3) is 0 Å². The van der Waals surface area contributed by atoms with Gasteiger partial charge in [-0.25, -0.2) is 0 Å². The number of carbonyl (C=O) groups excluding carboxylic acids is 2. The highest BCUT2D eigenvalue weighted by Gasteiger charge is 2.44. The van der Waals surface area contributed by atoms with Crippen molar-refractivity contribution in [2.24, 2.45) is 0 Å². The van der Waals surface area contributed by atoms with Crippen molar-refractivity contribution in [1.82, 2.24) is 4.90 Å². The Balaban J connectivity index is 1.41. The number of benzene rings is 3. The first-order chi connectivity index (χ1) is 15.6. The number of rotatable bonds is 2. The van der Waals surface area contributed by atoms with Crippen LogP contribution in [-0.2, 0) is 4.79 Å². The molecule has 0 radical (unpaired) electrons. The van der Waals surface area contributed by atoms with Crippen molar-refractivity contribution in [3.8, 4) is 5.75 Å². The molecule has 2 aliphatic rings. The zero-order valence-corrected chi connectivity index (χ0v) is 18.3. The smallest absolute Gasteiger partial charge is 0.255 e. The number of anilines is 2. The van der Waals surface area contributed by atoms with E-state index in [-0.39, 0.29) is 18.2 Å². The predicted molar refractivity (Wildman–Crippen MR) is 125 cm³/mol. The Kier molecular flexibility index (Phi) is 5.35. The highest BCUT2D eigenvalue weighted by Crippen LogP contribution is 2.43. The fraction of sp³-hybridized carbons (Fsp3) is 0.231. The van der Waals surface area contributed by atoms with Crippen molar-refractivity contribution < 1.29 is 14.3 Å². The Morgan fingerprint density at radius 3 is 2.28 bits per heavy atom. The standard InChI is InChI=1S/C26H23ClN2O3/c27-21-11-5-4-10-20(21)25(31)28-16-14-26(15-17-28)18-24(30)29(19-8-2-1-3-9-19)22-12-6-7-13-23(22)32-26/h1-13H,14-18H2. The first-order valence-electron chi connectivity index (χ1n) is 10.8. The van der Waals surface area contributed by atoms with Crippen molar-refractivity contribution >= 4 is 34.8 Å². The summed E-state index contributed by atoms with van der Waals surface area (Å²) < 4.78 is 6.54. The lowest BCUT2D eigenvalue weighted by Crippen LogP contribution is -2.51. The fourth-order valence-electron chi connectivity index (χ4n) is 4.55. The van der Waals surface area contributed by atoms with Gasteiger partial charge in [-0.1, -0.05) is 54.1 Å². The third-order valence-electron chi connectivity index (χ3n) is 6.24. The molecule has 0 N–H and O–H groups in total. The maximum atomic E-state index is 13.5. The molecule has 0 unspecified atom stereocenters. The van der Waals surface area contributed by atoms with E-state index >= 15 is 0 Å². The molecule has 0 bridgehead atoms. The average Bonchev–Trinajstić information content (AvgIpc) is 2.93. The molecule has 0 saturated carbocycles. The molecule has 1 fully saturated rings. The number of halogens is 1. The van der Waals surface area contributed by atoms with Crippen LogP contribution in [0, 0.1) is 0 Å². The Hall–Kier alpha value is -3.31. The van der Waals surface area contributed by atoms with Crippen LogP contribution in [0.3, 0.4) is 0 Å². The number of hydrogen-bond donors (Lipinski definition) is 0. The van der Waals surface area contributed by atoms with Gasteiger partial charge in [-0.3, -0.25) is 14.5 Å². The molecule has 3 aromatic rings. The van der Waals surface area contributed by atoms with E-state index in [0.29, 0.717) is 42.3 Å². The molecule has 2 amide bonds. The summed E-state index contributed by atoms with van der Waals surface area (Å²) in [7, 11) is 0. The molecule has 5 rings (SSSR count). The maximum Gasteiger partial charge on any atom is 0.255 e. The number of likely N-dealkylation sites (tertiary alicyclic amines) is 1. The molecule has 32 heavy (non-hydrogen) atoms. The van der Waals surface area contributed by atoms with E-state index < -0.39 is 5.60 Å². The minimum absolute atomic E-state index is 0.00738. The number of nitrogens with zero attached hydrogens (tertiary/aromatic N) is 2. The van der Waals surface area contributed by atoms with Crippen molar-refractivity contribution in [3.63, 3.8) is 0 Å². The van der Waals surface area contributed by atoms with Gasteiger partial charge in [-0.2, -0.15) is 0 Å². The van der Waals surface area contributed by atoms with Gasteiger partial charge in [0.1, 0.15) is 11.4 Å². The van der Waals surface area contributed by atoms with Gasteiger partial charge in [0.15, 0.2) is 0 Å². The number of carbonyl (C=O) groups is 2. The van der Waals surface area contributed by atoms with Gasteiger partial charge in [0.05, 0.1) is 22.7 Å². The minimum atomic E-state index is -0.645. The van der Waals surface area contributed by atoms with Crippen LogP contribution < -0.4 is 9.64 Å². The van der Waals surface area contributed by atoms with Crippen molar-refractivity contribution in [2.75, 3.05) is 18.0 Å². The first-order valence-corrected chi connectivity index (χ1v) is 11.1. The molecule has 3 aromatic carbocycles. The van der Waals surface area contributed by atoms with Gasteiger partial charge in [-0.05, 0) is 36.4 Å². The average molecular weight is 447 g/mol. The second kappa shape index (κ2) is 8.32. The van der Waals surface area contributed by atoms with E-state index in [9.17, 15) is 9.59 Å². The second-order valence-electron chi connectivity index (χ2n) is 8.27. The zero-order chi connectivity index (χ0) is 22.1. The normalized spacial score (nSPS) is 17.5. The zero-order valence-electron chi connectivity index (χ0n) is 17.5. The predicted octanol–water partition coefficient (Wildman–Crippen LogP) is 5.46. The number of hydrogen-bond acceptors (Lipinski definition) is 3. The summed E-state index contributed by atoms with van der Waals surface area (Å²) in [4.78, 5) is 30.0. The third kappa shape index (κ3) is 3.73. The summed E-state index contributed by atoms with van der Waals surface area (Å²) in [5.41, 5.74) is 1.42. The highest BCUT2D eigenvalue weighted by atomic mass is 35.5. The van der Waals surface area contributed by atoms with Crippen LogP contribution in [0.5, 0.6) is 5.75 Å². The van der Waals surface area contributed by atoms with Gasteiger partial charge in [0.2, 0.25) is 5.91 Å². The van der Waals surface area contributed by atoms with Crippen LogP contribution in [0.15, 0.2) is 78.9 Å². The summed E-state index contributed by atoms with van der Waals surface area (Å²) in [6.07, 6.45) is 1.41. The fourth-order valence-corrected chi connectivity index (χ4v) is 4.76. The molecule has 0 aliphatic carbocycles. The van der Waals surface area contributed by atoms with E-state index in [0.717, 1.165) is 11.4 Å². The second-order valence-corrected chi connectivity index (χ2v) is 8.67. The molecule has 2 heterocycles. The summed E-state index contributed by atoms with van der Waals surface area (Å²) in [5, 5.41) is 0.450. The van der Waals surface area contributed by atoms with Crippen molar-refractivity contribution in [2.45, 2.75) is 24.9 Å². The summed E-state index contributed by atoms with van der Waals surface area (Å²) in [5.74, 6) is 0.594. The number of para-hydroxylation sites is 3. The van der Waals surface area contributed by atoms with Gasteiger partial charge < -0.3 is 9.64 Å². The van der Waals surface area contributed by atoms with E-state index in [4.69, 9.17) is 16.3 Å². The summed E-state index contributed by atoms with van der Waals surface area (Å²) in [6.45, 7) is 1.01. The number of fused-ring (bicyclic) bond motifs is 1. The highest BCUT2D eigenvalue weighted by molar-refractivity contribution is 6.33. The van der Waals surface area contributed by atoms with Crippen molar-refractivity contribution in [3.05, 3.63) is 89.4 Å². The summed E-state index contributed by atoms with van der Waals surface area (Å²) >= 11 is 6.23. The molecule has 162 valence electrons. The first kappa shape index (κ1) is 20.6. The molecule has 0 aromatic heterocycles. The van der Waals surface area contributed by atoms with Crippen LogP contribution in [-0.4, -0.2) is 35.4 Å². The Morgan fingerprint density at radius 1 is 0.875 bits per heavy atom. The molecule has 1 spiro atoms. The molecular formula is C26H23ClN2O3. The SMILES string of the molecule is O=C(c1ccccc1Cl)N1CCC2(CC1)CC(=O)N(c1ccccc1)c1ccccc1O2. The number of amides is 2. The van der Waals surface area contributed by atoms with Crippen LogP contribution >= 0.6 is 11.6 Å². The van der Waals surface area contributed by atoms with Crippen LogP contribution in [0.4, 0.5) is 11.4 Å². The summed E-state index contributed by atoms with van der Waals surface area (Å²) in [6, 6.07) is 24.4. The topological polar surface area (TPSA) is 49.9 Å². The van der Waals surface area contributed by atoms with E-state index in [1.165, 1.54) is 0 Å². The largest absolute Gasteiger partial charge is 0.484 e. The lowest BCUT2D eigenvalue weighted by Gasteiger charge is -2.40.